The first-order valence-electron chi connectivity index (χ1n) is 8.32. The Hall–Kier alpha value is -2.67. The summed E-state index contributed by atoms with van der Waals surface area (Å²) in [5.41, 5.74) is 1.13. The van der Waals surface area contributed by atoms with Gasteiger partial charge in [0.25, 0.3) is 5.91 Å². The minimum Gasteiger partial charge on any atom is -0.462 e. The van der Waals surface area contributed by atoms with Crippen LogP contribution in [-0.4, -0.2) is 31.1 Å². The van der Waals surface area contributed by atoms with Crippen molar-refractivity contribution in [3.63, 3.8) is 0 Å². The second-order valence-corrected chi connectivity index (χ2v) is 6.54. The molecule has 0 spiro atoms. The van der Waals surface area contributed by atoms with E-state index in [1.807, 2.05) is 37.3 Å². The summed E-state index contributed by atoms with van der Waals surface area (Å²) in [6.07, 6.45) is 0.834. The highest BCUT2D eigenvalue weighted by atomic mass is 32.1. The van der Waals surface area contributed by atoms with Crippen molar-refractivity contribution in [3.8, 4) is 0 Å². The summed E-state index contributed by atoms with van der Waals surface area (Å²) in [4.78, 5) is 36.8. The number of aryl methyl sites for hydroxylation is 1. The summed E-state index contributed by atoms with van der Waals surface area (Å²) in [6.45, 7) is 3.51. The van der Waals surface area contributed by atoms with Crippen LogP contribution in [0.25, 0.3) is 0 Å². The highest BCUT2D eigenvalue weighted by molar-refractivity contribution is 7.16. The molecular formula is C19H21NO5S. The fourth-order valence-corrected chi connectivity index (χ4v) is 3.19. The maximum Gasteiger partial charge on any atom is 0.341 e. The number of nitrogens with one attached hydrogen (secondary N) is 1. The average molecular weight is 375 g/mol. The Morgan fingerprint density at radius 1 is 1.08 bits per heavy atom. The van der Waals surface area contributed by atoms with Crippen LogP contribution in [0.5, 0.6) is 0 Å². The Balaban J connectivity index is 1.92. The summed E-state index contributed by atoms with van der Waals surface area (Å²) in [7, 11) is 0. The van der Waals surface area contributed by atoms with E-state index in [1.54, 1.807) is 13.0 Å². The van der Waals surface area contributed by atoms with E-state index in [-0.39, 0.29) is 13.0 Å². The van der Waals surface area contributed by atoms with Crippen LogP contribution in [0.2, 0.25) is 0 Å². The summed E-state index contributed by atoms with van der Waals surface area (Å²) >= 11 is 1.31. The predicted octanol–water partition coefficient (Wildman–Crippen LogP) is 3.21. The molecule has 6 nitrogen and oxygen atoms in total. The molecule has 0 saturated carbocycles. The van der Waals surface area contributed by atoms with E-state index in [2.05, 4.69) is 5.32 Å². The predicted molar refractivity (Wildman–Crippen MR) is 99.4 cm³/mol. The van der Waals surface area contributed by atoms with E-state index in [1.165, 1.54) is 11.3 Å². The lowest BCUT2D eigenvalue weighted by atomic mass is 10.2. The van der Waals surface area contributed by atoms with E-state index < -0.39 is 24.5 Å². The fourth-order valence-electron chi connectivity index (χ4n) is 2.19. The van der Waals surface area contributed by atoms with Crippen molar-refractivity contribution in [2.45, 2.75) is 26.7 Å². The molecule has 0 bridgehead atoms. The third kappa shape index (κ3) is 5.70. The molecule has 0 aliphatic heterocycles. The third-order valence-corrected chi connectivity index (χ3v) is 4.63. The number of benzene rings is 1. The van der Waals surface area contributed by atoms with E-state index in [0.717, 1.165) is 16.9 Å². The monoisotopic (exact) mass is 375 g/mol. The van der Waals surface area contributed by atoms with Crippen LogP contribution in [0.3, 0.4) is 0 Å². The minimum absolute atomic E-state index is 0.0984. The van der Waals surface area contributed by atoms with Gasteiger partial charge in [-0.3, -0.25) is 9.59 Å². The zero-order valence-corrected chi connectivity index (χ0v) is 15.6. The standard InChI is InChI=1S/C19H21NO5S/c1-3-14-11-15(19(23)24-4-2)18(26-14)20-16(21)12-25-17(22)10-13-8-6-5-7-9-13/h5-9,11H,3-4,10,12H2,1-2H3,(H,20,21). The molecule has 138 valence electrons. The lowest BCUT2D eigenvalue weighted by molar-refractivity contribution is -0.146. The fraction of sp³-hybridized carbons (Fsp3) is 0.316. The average Bonchev–Trinajstić information content (AvgIpc) is 3.04. The van der Waals surface area contributed by atoms with Crippen molar-refractivity contribution in [2.75, 3.05) is 18.5 Å². The maximum absolute atomic E-state index is 12.1. The Labute approximate surface area is 156 Å². The van der Waals surface area contributed by atoms with Crippen LogP contribution >= 0.6 is 11.3 Å². The minimum atomic E-state index is -0.499. The van der Waals surface area contributed by atoms with Gasteiger partial charge in [-0.25, -0.2) is 4.79 Å². The Bertz CT molecular complexity index is 769. The van der Waals surface area contributed by atoms with Gasteiger partial charge in [-0.1, -0.05) is 37.3 Å². The van der Waals surface area contributed by atoms with Crippen LogP contribution < -0.4 is 5.32 Å². The van der Waals surface area contributed by atoms with Crippen molar-refractivity contribution < 1.29 is 23.9 Å². The molecule has 0 saturated heterocycles. The number of thiophene rings is 1. The quantitative estimate of drug-likeness (QED) is 0.717. The van der Waals surface area contributed by atoms with E-state index in [9.17, 15) is 14.4 Å². The molecule has 1 N–H and O–H groups in total. The molecule has 0 aliphatic carbocycles. The lowest BCUT2D eigenvalue weighted by Crippen LogP contribution is -2.22. The van der Waals surface area contributed by atoms with Crippen molar-refractivity contribution in [3.05, 3.63) is 52.4 Å². The highest BCUT2D eigenvalue weighted by Crippen LogP contribution is 2.29. The molecular weight excluding hydrogens is 354 g/mol. The number of anilines is 1. The maximum atomic E-state index is 12.1. The molecule has 0 unspecified atom stereocenters. The van der Waals surface area contributed by atoms with Crippen molar-refractivity contribution in [1.82, 2.24) is 0 Å². The second-order valence-electron chi connectivity index (χ2n) is 5.40. The summed E-state index contributed by atoms with van der Waals surface area (Å²) in [5, 5.41) is 3.03. The summed E-state index contributed by atoms with van der Waals surface area (Å²) in [6, 6.07) is 10.8. The summed E-state index contributed by atoms with van der Waals surface area (Å²) < 4.78 is 10.0. The van der Waals surface area contributed by atoms with Crippen molar-refractivity contribution in [1.29, 1.82) is 0 Å². The van der Waals surface area contributed by atoms with Gasteiger partial charge in [0.15, 0.2) is 6.61 Å². The van der Waals surface area contributed by atoms with Gasteiger partial charge in [-0.2, -0.15) is 0 Å². The van der Waals surface area contributed by atoms with Gasteiger partial charge in [-0.15, -0.1) is 11.3 Å². The van der Waals surface area contributed by atoms with Gasteiger partial charge in [0.2, 0.25) is 0 Å². The smallest absolute Gasteiger partial charge is 0.341 e. The normalized spacial score (nSPS) is 10.2. The van der Waals surface area contributed by atoms with Gasteiger partial charge in [0, 0.05) is 4.88 Å². The zero-order chi connectivity index (χ0) is 18.9. The number of hydrogen-bond donors (Lipinski definition) is 1. The molecule has 0 radical (unpaired) electrons. The third-order valence-electron chi connectivity index (χ3n) is 3.44. The Morgan fingerprint density at radius 3 is 2.46 bits per heavy atom. The molecule has 1 aromatic carbocycles. The Morgan fingerprint density at radius 2 is 1.81 bits per heavy atom. The number of ether oxygens (including phenoxy) is 2. The molecule has 1 amide bonds. The number of rotatable bonds is 8. The van der Waals surface area contributed by atoms with Crippen LogP contribution in [0.15, 0.2) is 36.4 Å². The largest absolute Gasteiger partial charge is 0.462 e. The topological polar surface area (TPSA) is 81.7 Å². The van der Waals surface area contributed by atoms with E-state index in [0.29, 0.717) is 10.6 Å². The molecule has 0 atom stereocenters. The summed E-state index contributed by atoms with van der Waals surface area (Å²) in [5.74, 6) is -1.47. The molecule has 2 rings (SSSR count). The number of carbonyl (C=O) groups excluding carboxylic acids is 3. The number of hydrogen-bond acceptors (Lipinski definition) is 6. The number of esters is 2. The first-order chi connectivity index (χ1) is 12.5. The first-order valence-corrected chi connectivity index (χ1v) is 9.14. The molecule has 1 heterocycles. The molecule has 1 aromatic heterocycles. The van der Waals surface area contributed by atoms with Crippen LogP contribution in [-0.2, 0) is 31.9 Å². The highest BCUT2D eigenvalue weighted by Gasteiger charge is 2.19. The molecule has 26 heavy (non-hydrogen) atoms. The zero-order valence-electron chi connectivity index (χ0n) is 14.7. The first kappa shape index (κ1) is 19.7. The molecule has 7 heteroatoms. The van der Waals surface area contributed by atoms with Gasteiger partial charge in [0.1, 0.15) is 5.00 Å². The van der Waals surface area contributed by atoms with Crippen LogP contribution in [0.1, 0.15) is 34.6 Å². The van der Waals surface area contributed by atoms with Crippen molar-refractivity contribution >= 4 is 34.2 Å². The van der Waals surface area contributed by atoms with Gasteiger partial charge in [0.05, 0.1) is 18.6 Å². The molecule has 0 aliphatic rings. The second kappa shape index (κ2) is 9.72. The Kier molecular flexibility index (Phi) is 7.35. The SMILES string of the molecule is CCOC(=O)c1cc(CC)sc1NC(=O)COC(=O)Cc1ccccc1. The van der Waals surface area contributed by atoms with E-state index in [4.69, 9.17) is 9.47 Å². The number of carbonyl (C=O) groups is 3. The van der Waals surface area contributed by atoms with Gasteiger partial charge in [-0.05, 0) is 25.0 Å². The van der Waals surface area contributed by atoms with Gasteiger partial charge < -0.3 is 14.8 Å². The molecule has 2 aromatic rings. The van der Waals surface area contributed by atoms with Crippen LogP contribution in [0.4, 0.5) is 5.00 Å². The van der Waals surface area contributed by atoms with E-state index >= 15 is 0 Å². The van der Waals surface area contributed by atoms with Crippen LogP contribution in [0, 0.1) is 0 Å². The van der Waals surface area contributed by atoms with Gasteiger partial charge >= 0.3 is 11.9 Å². The van der Waals surface area contributed by atoms with Crippen molar-refractivity contribution in [2.24, 2.45) is 0 Å². The lowest BCUT2D eigenvalue weighted by Gasteiger charge is -2.07. The molecule has 0 fully saturated rings. The number of amides is 1.